The SMILES string of the molecule is COc1ccc(NNC(=S)C(C)=O)cc1. The third-order valence-corrected chi connectivity index (χ3v) is 2.12. The van der Waals surface area contributed by atoms with E-state index in [0.29, 0.717) is 0 Å². The molecule has 0 saturated carbocycles. The quantitative estimate of drug-likeness (QED) is 0.600. The van der Waals surface area contributed by atoms with Gasteiger partial charge in [-0.05, 0) is 24.3 Å². The summed E-state index contributed by atoms with van der Waals surface area (Å²) in [6, 6.07) is 7.24. The van der Waals surface area contributed by atoms with Gasteiger partial charge in [-0.3, -0.25) is 10.2 Å². The number of carbonyl (C=O) groups is 1. The number of thiocarbonyl (C=S) groups is 1. The van der Waals surface area contributed by atoms with Crippen LogP contribution in [0.2, 0.25) is 0 Å². The average molecular weight is 224 g/mol. The Morgan fingerprint density at radius 3 is 2.40 bits per heavy atom. The molecule has 0 spiro atoms. The van der Waals surface area contributed by atoms with E-state index in [9.17, 15) is 4.79 Å². The molecule has 0 amide bonds. The lowest BCUT2D eigenvalue weighted by Gasteiger charge is -2.08. The molecule has 0 aliphatic rings. The molecule has 5 heteroatoms. The molecule has 80 valence electrons. The molecule has 1 rings (SSSR count). The van der Waals surface area contributed by atoms with Crippen LogP contribution in [0.1, 0.15) is 6.92 Å². The standard InChI is InChI=1S/C10H12N2O2S/c1-7(13)10(15)12-11-8-3-5-9(14-2)6-4-8/h3-6,11H,1-2H3,(H,12,15). The fourth-order valence-electron chi connectivity index (χ4n) is 0.891. The summed E-state index contributed by atoms with van der Waals surface area (Å²) < 4.78 is 5.00. The maximum atomic E-state index is 10.8. The van der Waals surface area contributed by atoms with Gasteiger partial charge in [0.1, 0.15) is 5.75 Å². The van der Waals surface area contributed by atoms with Crippen LogP contribution < -0.4 is 15.6 Å². The van der Waals surface area contributed by atoms with E-state index in [1.54, 1.807) is 19.2 Å². The Labute approximate surface area is 93.6 Å². The molecular formula is C10H12N2O2S. The van der Waals surface area contributed by atoms with Crippen LogP contribution in [0.25, 0.3) is 0 Å². The minimum absolute atomic E-state index is 0.158. The number of nitrogens with one attached hydrogen (secondary N) is 2. The Bertz CT molecular complexity index is 362. The molecule has 0 aliphatic carbocycles. The van der Waals surface area contributed by atoms with Crippen molar-refractivity contribution in [1.29, 1.82) is 0 Å². The van der Waals surface area contributed by atoms with Crippen LogP contribution in [-0.4, -0.2) is 17.9 Å². The zero-order valence-electron chi connectivity index (χ0n) is 8.53. The van der Waals surface area contributed by atoms with Gasteiger partial charge in [0.15, 0.2) is 10.8 Å². The molecule has 0 saturated heterocycles. The second kappa shape index (κ2) is 5.31. The maximum absolute atomic E-state index is 10.8. The fourth-order valence-corrected chi connectivity index (χ4v) is 0.942. The van der Waals surface area contributed by atoms with Gasteiger partial charge in [0.05, 0.1) is 12.8 Å². The number of hydrogen-bond donors (Lipinski definition) is 2. The molecule has 0 heterocycles. The summed E-state index contributed by atoms with van der Waals surface area (Å²) in [7, 11) is 1.60. The first-order valence-electron chi connectivity index (χ1n) is 4.34. The summed E-state index contributed by atoms with van der Waals surface area (Å²) in [5, 5.41) is 0. The summed E-state index contributed by atoms with van der Waals surface area (Å²) in [6.07, 6.45) is 0. The van der Waals surface area contributed by atoms with Crippen molar-refractivity contribution in [2.75, 3.05) is 12.5 Å². The van der Waals surface area contributed by atoms with Gasteiger partial charge in [-0.15, -0.1) is 0 Å². The minimum Gasteiger partial charge on any atom is -0.497 e. The van der Waals surface area contributed by atoms with Gasteiger partial charge in [-0.1, -0.05) is 12.2 Å². The topological polar surface area (TPSA) is 50.4 Å². The van der Waals surface area contributed by atoms with Gasteiger partial charge in [0.2, 0.25) is 0 Å². The highest BCUT2D eigenvalue weighted by Gasteiger charge is 2.00. The Balaban J connectivity index is 2.51. The van der Waals surface area contributed by atoms with Crippen molar-refractivity contribution in [3.8, 4) is 5.75 Å². The lowest BCUT2D eigenvalue weighted by Crippen LogP contribution is -2.32. The first-order chi connectivity index (χ1) is 7.13. The predicted molar refractivity (Wildman–Crippen MR) is 63.0 cm³/mol. The number of benzene rings is 1. The van der Waals surface area contributed by atoms with Crippen LogP contribution in [0.3, 0.4) is 0 Å². The zero-order chi connectivity index (χ0) is 11.3. The summed E-state index contributed by atoms with van der Waals surface area (Å²) in [4.78, 5) is 11.0. The molecular weight excluding hydrogens is 212 g/mol. The Hall–Kier alpha value is -1.62. The highest BCUT2D eigenvalue weighted by molar-refractivity contribution is 7.82. The third-order valence-electron chi connectivity index (χ3n) is 1.73. The molecule has 0 aliphatic heterocycles. The lowest BCUT2D eigenvalue weighted by molar-refractivity contribution is -0.111. The molecule has 0 bridgehead atoms. The second-order valence-corrected chi connectivity index (χ2v) is 3.27. The predicted octanol–water partition coefficient (Wildman–Crippen LogP) is 1.53. The monoisotopic (exact) mass is 224 g/mol. The Morgan fingerprint density at radius 2 is 1.93 bits per heavy atom. The van der Waals surface area contributed by atoms with Crippen molar-refractivity contribution in [2.24, 2.45) is 0 Å². The van der Waals surface area contributed by atoms with Gasteiger partial charge in [0, 0.05) is 6.92 Å². The molecule has 0 radical (unpaired) electrons. The van der Waals surface area contributed by atoms with Crippen molar-refractivity contribution in [2.45, 2.75) is 6.92 Å². The number of ketones is 1. The van der Waals surface area contributed by atoms with E-state index in [2.05, 4.69) is 10.9 Å². The van der Waals surface area contributed by atoms with Gasteiger partial charge in [-0.2, -0.15) is 0 Å². The number of hydrazine groups is 1. The van der Waals surface area contributed by atoms with E-state index in [1.165, 1.54) is 6.92 Å². The number of methoxy groups -OCH3 is 1. The minimum atomic E-state index is -0.175. The van der Waals surface area contributed by atoms with Gasteiger partial charge in [0.25, 0.3) is 0 Å². The molecule has 0 unspecified atom stereocenters. The summed E-state index contributed by atoms with van der Waals surface area (Å²) >= 11 is 4.78. The van der Waals surface area contributed by atoms with Crippen LogP contribution in [0.15, 0.2) is 24.3 Å². The number of rotatable bonds is 4. The van der Waals surface area contributed by atoms with Gasteiger partial charge in [-0.25, -0.2) is 0 Å². The van der Waals surface area contributed by atoms with Crippen LogP contribution in [-0.2, 0) is 4.79 Å². The average Bonchev–Trinajstić information content (AvgIpc) is 2.26. The van der Waals surface area contributed by atoms with Gasteiger partial charge < -0.3 is 10.2 Å². The Kier molecular flexibility index (Phi) is 4.05. The van der Waals surface area contributed by atoms with E-state index in [4.69, 9.17) is 17.0 Å². The molecule has 0 atom stereocenters. The fraction of sp³-hybridized carbons (Fsp3) is 0.200. The summed E-state index contributed by atoms with van der Waals surface area (Å²) in [5.41, 5.74) is 6.24. The van der Waals surface area contributed by atoms with Crippen molar-refractivity contribution in [1.82, 2.24) is 5.43 Å². The van der Waals surface area contributed by atoms with Crippen molar-refractivity contribution in [3.05, 3.63) is 24.3 Å². The third kappa shape index (κ3) is 3.55. The first-order valence-corrected chi connectivity index (χ1v) is 4.75. The molecule has 1 aromatic rings. The molecule has 4 nitrogen and oxygen atoms in total. The van der Waals surface area contributed by atoms with E-state index >= 15 is 0 Å². The molecule has 0 fully saturated rings. The van der Waals surface area contributed by atoms with Crippen LogP contribution in [0, 0.1) is 0 Å². The van der Waals surface area contributed by atoms with E-state index in [-0.39, 0.29) is 10.8 Å². The Morgan fingerprint density at radius 1 is 1.33 bits per heavy atom. The molecule has 15 heavy (non-hydrogen) atoms. The highest BCUT2D eigenvalue weighted by atomic mass is 32.1. The van der Waals surface area contributed by atoms with Crippen molar-refractivity contribution >= 4 is 28.7 Å². The number of anilines is 1. The normalized spacial score (nSPS) is 9.20. The summed E-state index contributed by atoms with van der Waals surface area (Å²) in [6.45, 7) is 1.41. The lowest BCUT2D eigenvalue weighted by atomic mass is 10.3. The molecule has 0 aromatic heterocycles. The smallest absolute Gasteiger partial charge is 0.188 e. The molecule has 2 N–H and O–H groups in total. The van der Waals surface area contributed by atoms with E-state index < -0.39 is 0 Å². The van der Waals surface area contributed by atoms with Crippen LogP contribution in [0.4, 0.5) is 5.69 Å². The highest BCUT2D eigenvalue weighted by Crippen LogP contribution is 2.13. The van der Waals surface area contributed by atoms with Crippen LogP contribution in [0.5, 0.6) is 5.75 Å². The van der Waals surface area contributed by atoms with Gasteiger partial charge >= 0.3 is 0 Å². The number of ether oxygens (including phenoxy) is 1. The van der Waals surface area contributed by atoms with E-state index in [1.807, 2.05) is 12.1 Å². The number of Topliss-reactive ketones (excluding diaryl/α,β-unsaturated/α-hetero) is 1. The second-order valence-electron chi connectivity index (χ2n) is 2.86. The van der Waals surface area contributed by atoms with E-state index in [0.717, 1.165) is 11.4 Å². The largest absolute Gasteiger partial charge is 0.497 e. The zero-order valence-corrected chi connectivity index (χ0v) is 9.35. The summed E-state index contributed by atoms with van der Waals surface area (Å²) in [5.74, 6) is 0.598. The first kappa shape index (κ1) is 11.5. The number of carbonyl (C=O) groups excluding carboxylic acids is 1. The van der Waals surface area contributed by atoms with Crippen LogP contribution >= 0.6 is 12.2 Å². The molecule has 1 aromatic carbocycles. The number of hydrogen-bond acceptors (Lipinski definition) is 4. The van der Waals surface area contributed by atoms with Crippen molar-refractivity contribution < 1.29 is 9.53 Å². The van der Waals surface area contributed by atoms with Crippen molar-refractivity contribution in [3.63, 3.8) is 0 Å². The maximum Gasteiger partial charge on any atom is 0.188 e.